The van der Waals surface area contributed by atoms with Gasteiger partial charge in [-0.25, -0.2) is 9.37 Å². The molecule has 204 valence electrons. The number of hydrogen-bond donors (Lipinski definition) is 3. The summed E-state index contributed by atoms with van der Waals surface area (Å²) in [7, 11) is 0. The quantitative estimate of drug-likeness (QED) is 0.197. The zero-order valence-corrected chi connectivity index (χ0v) is 23.7. The third-order valence-electron chi connectivity index (χ3n) is 6.66. The zero-order chi connectivity index (χ0) is 28.3. The molecule has 0 aliphatic carbocycles. The molecule has 2 aromatic heterocycles. The number of imidazole rings is 1. The Kier molecular flexibility index (Phi) is 8.32. The fourth-order valence-electron chi connectivity index (χ4n) is 3.93. The van der Waals surface area contributed by atoms with Crippen LogP contribution in [0.4, 0.5) is 16.0 Å². The van der Waals surface area contributed by atoms with Gasteiger partial charge in [0, 0.05) is 23.2 Å². The number of halogens is 1. The minimum atomic E-state index is -1.15. The summed E-state index contributed by atoms with van der Waals surface area (Å²) in [4.78, 5) is 30.7. The van der Waals surface area contributed by atoms with E-state index in [4.69, 9.17) is 4.98 Å². The van der Waals surface area contributed by atoms with Crippen molar-refractivity contribution in [3.8, 4) is 5.69 Å². The average molecular weight is 548 g/mol. The van der Waals surface area contributed by atoms with Gasteiger partial charge in [-0.3, -0.25) is 19.5 Å². The van der Waals surface area contributed by atoms with Crippen LogP contribution in [0.15, 0.2) is 67.3 Å². The minimum absolute atomic E-state index is 0.122. The molecule has 2 aromatic carbocycles. The molecule has 0 saturated heterocycles. The maximum absolute atomic E-state index is 13.8. The Bertz CT molecular complexity index is 1520. The summed E-state index contributed by atoms with van der Waals surface area (Å²) in [6.45, 7) is 14.4. The van der Waals surface area contributed by atoms with Crippen LogP contribution in [-0.2, 0) is 11.3 Å². The second-order valence-electron chi connectivity index (χ2n) is 10.6. The van der Waals surface area contributed by atoms with Crippen molar-refractivity contribution in [2.75, 3.05) is 10.6 Å². The Morgan fingerprint density at radius 3 is 2.54 bits per heavy atom. The highest BCUT2D eigenvalue weighted by atomic mass is 32.1. The lowest BCUT2D eigenvalue weighted by atomic mass is 9.88. The van der Waals surface area contributed by atoms with E-state index < -0.39 is 6.17 Å². The molecule has 0 radical (unpaired) electrons. The van der Waals surface area contributed by atoms with Crippen molar-refractivity contribution in [3.63, 3.8) is 0 Å². The van der Waals surface area contributed by atoms with E-state index in [0.29, 0.717) is 45.2 Å². The van der Waals surface area contributed by atoms with Gasteiger partial charge >= 0.3 is 0 Å². The van der Waals surface area contributed by atoms with Gasteiger partial charge in [0.2, 0.25) is 11.9 Å². The topological polar surface area (TPSA) is 88.1 Å². The van der Waals surface area contributed by atoms with Gasteiger partial charge in [-0.1, -0.05) is 39.5 Å². The maximum Gasteiger partial charge on any atom is 0.268 e. The lowest BCUT2D eigenvalue weighted by molar-refractivity contribution is -0.111. The molecule has 2 heterocycles. The van der Waals surface area contributed by atoms with Crippen LogP contribution in [-0.4, -0.2) is 27.4 Å². The molecule has 0 bridgehead atoms. The van der Waals surface area contributed by atoms with E-state index in [0.717, 1.165) is 22.4 Å². The standard InChI is InChI=1S/C30H34FN5O2S/c1-7-27(37)33-21-9-8-10-22(16-21)36-24-12-11-20(17-32-19(3)30(4,5)6)15-23(24)34-29(36)35-28(38)26-14-13-25(39-26)18(2)31/h7-16,18-19,32H,1,17H2,2-6H3,(H,33,37)(H,34,35,38)/t18?,19-/m0/s1. The van der Waals surface area contributed by atoms with Crippen LogP contribution >= 0.6 is 11.3 Å². The Balaban J connectivity index is 1.73. The number of benzene rings is 2. The number of rotatable bonds is 9. The second kappa shape index (κ2) is 11.5. The molecule has 0 saturated carbocycles. The first-order valence-electron chi connectivity index (χ1n) is 12.8. The summed E-state index contributed by atoms with van der Waals surface area (Å²) in [6.07, 6.45) is 0.0527. The molecule has 0 spiro atoms. The maximum atomic E-state index is 13.8. The van der Waals surface area contributed by atoms with Crippen molar-refractivity contribution < 1.29 is 14.0 Å². The molecule has 39 heavy (non-hydrogen) atoms. The van der Waals surface area contributed by atoms with Crippen LogP contribution in [0.5, 0.6) is 0 Å². The third kappa shape index (κ3) is 6.61. The summed E-state index contributed by atoms with van der Waals surface area (Å²) in [5, 5.41) is 9.25. The van der Waals surface area contributed by atoms with E-state index in [-0.39, 0.29) is 17.2 Å². The zero-order valence-electron chi connectivity index (χ0n) is 22.8. The van der Waals surface area contributed by atoms with Crippen LogP contribution in [0.2, 0.25) is 0 Å². The van der Waals surface area contributed by atoms with E-state index in [9.17, 15) is 14.0 Å². The van der Waals surface area contributed by atoms with Crippen molar-refractivity contribution in [2.24, 2.45) is 5.41 Å². The van der Waals surface area contributed by atoms with Crippen LogP contribution in [0, 0.1) is 5.41 Å². The minimum Gasteiger partial charge on any atom is -0.322 e. The number of nitrogens with zero attached hydrogens (tertiary/aromatic N) is 2. The number of hydrogen-bond acceptors (Lipinski definition) is 5. The van der Waals surface area contributed by atoms with Crippen molar-refractivity contribution in [1.29, 1.82) is 0 Å². The fraction of sp³-hybridized carbons (Fsp3) is 0.300. The summed E-state index contributed by atoms with van der Waals surface area (Å²) in [5.41, 5.74) is 3.95. The lowest BCUT2D eigenvalue weighted by Crippen LogP contribution is -2.37. The van der Waals surface area contributed by atoms with E-state index in [1.807, 2.05) is 34.9 Å². The van der Waals surface area contributed by atoms with Crippen LogP contribution < -0.4 is 16.0 Å². The van der Waals surface area contributed by atoms with E-state index in [1.165, 1.54) is 13.0 Å². The summed E-state index contributed by atoms with van der Waals surface area (Å²) < 4.78 is 15.6. The highest BCUT2D eigenvalue weighted by Gasteiger charge is 2.21. The van der Waals surface area contributed by atoms with Gasteiger partial charge in [-0.15, -0.1) is 11.3 Å². The Labute approximate surface area is 232 Å². The molecule has 0 fully saturated rings. The number of anilines is 2. The number of fused-ring (bicyclic) bond motifs is 1. The van der Waals surface area contributed by atoms with Crippen LogP contribution in [0.1, 0.15) is 60.9 Å². The number of thiophene rings is 1. The highest BCUT2D eigenvalue weighted by Crippen LogP contribution is 2.30. The first-order valence-corrected chi connectivity index (χ1v) is 13.6. The number of alkyl halides is 1. The van der Waals surface area contributed by atoms with Crippen molar-refractivity contribution >= 4 is 45.8 Å². The van der Waals surface area contributed by atoms with Crippen molar-refractivity contribution in [1.82, 2.24) is 14.9 Å². The fourth-order valence-corrected chi connectivity index (χ4v) is 4.76. The monoisotopic (exact) mass is 547 g/mol. The van der Waals surface area contributed by atoms with Gasteiger partial charge < -0.3 is 10.6 Å². The van der Waals surface area contributed by atoms with Gasteiger partial charge in [-0.2, -0.15) is 0 Å². The number of carbonyl (C=O) groups is 2. The van der Waals surface area contributed by atoms with Crippen LogP contribution in [0.3, 0.4) is 0 Å². The molecule has 3 N–H and O–H groups in total. The van der Waals surface area contributed by atoms with Crippen LogP contribution in [0.25, 0.3) is 16.7 Å². The van der Waals surface area contributed by atoms with Gasteiger partial charge in [-0.05, 0) is 73.4 Å². The van der Waals surface area contributed by atoms with Crippen molar-refractivity contribution in [2.45, 2.75) is 53.4 Å². The first kappa shape index (κ1) is 28.2. The predicted octanol–water partition coefficient (Wildman–Crippen LogP) is 7.02. The number of amides is 2. The molecule has 4 aromatic rings. The van der Waals surface area contributed by atoms with E-state index >= 15 is 0 Å². The average Bonchev–Trinajstić information content (AvgIpc) is 3.52. The van der Waals surface area contributed by atoms with Gasteiger partial charge in [0.05, 0.1) is 21.6 Å². The number of carbonyl (C=O) groups excluding carboxylic acids is 2. The smallest absolute Gasteiger partial charge is 0.268 e. The molecule has 4 rings (SSSR count). The molecule has 2 amide bonds. The van der Waals surface area contributed by atoms with Gasteiger partial charge in [0.1, 0.15) is 6.17 Å². The Morgan fingerprint density at radius 2 is 1.87 bits per heavy atom. The van der Waals surface area contributed by atoms with Crippen molar-refractivity contribution in [3.05, 3.63) is 82.6 Å². The van der Waals surface area contributed by atoms with E-state index in [2.05, 4.69) is 50.2 Å². The largest absolute Gasteiger partial charge is 0.322 e. The summed E-state index contributed by atoms with van der Waals surface area (Å²) in [6, 6.07) is 16.8. The Hall–Kier alpha value is -3.82. The highest BCUT2D eigenvalue weighted by molar-refractivity contribution is 7.14. The summed E-state index contributed by atoms with van der Waals surface area (Å²) in [5.74, 6) is -0.382. The summed E-state index contributed by atoms with van der Waals surface area (Å²) >= 11 is 1.11. The molecule has 2 atom stereocenters. The molecule has 0 aliphatic heterocycles. The molecule has 0 aliphatic rings. The molecule has 7 nitrogen and oxygen atoms in total. The number of nitrogens with one attached hydrogen (secondary N) is 3. The molecular formula is C30H34FN5O2S. The normalized spacial score (nSPS) is 13.2. The molecule has 1 unspecified atom stereocenters. The second-order valence-corrected chi connectivity index (χ2v) is 11.7. The lowest BCUT2D eigenvalue weighted by Gasteiger charge is -2.28. The third-order valence-corrected chi connectivity index (χ3v) is 7.89. The van der Waals surface area contributed by atoms with Gasteiger partial charge in [0.25, 0.3) is 5.91 Å². The predicted molar refractivity (Wildman–Crippen MR) is 157 cm³/mol. The van der Waals surface area contributed by atoms with E-state index in [1.54, 1.807) is 24.3 Å². The Morgan fingerprint density at radius 1 is 1.10 bits per heavy atom. The number of aromatic nitrogens is 2. The SMILES string of the molecule is C=CC(=O)Nc1cccc(-n2c(NC(=O)c3ccc(C(C)F)s3)nc3cc(CN[C@@H](C)C(C)(C)C)ccc32)c1. The molecular weight excluding hydrogens is 513 g/mol. The molecule has 9 heteroatoms. The van der Waals surface area contributed by atoms with Gasteiger partial charge in [0.15, 0.2) is 0 Å². The first-order chi connectivity index (χ1) is 18.5.